The van der Waals surface area contributed by atoms with Gasteiger partial charge in [-0.25, -0.2) is 4.98 Å². The number of ether oxygens (including phenoxy) is 1. The number of furan rings is 1. The smallest absolute Gasteiger partial charge is 0.289 e. The Kier molecular flexibility index (Phi) is 3.57. The molecule has 4 rings (SSSR count). The summed E-state index contributed by atoms with van der Waals surface area (Å²) >= 11 is 0. The van der Waals surface area contributed by atoms with E-state index in [9.17, 15) is 4.79 Å². The van der Waals surface area contributed by atoms with Crippen molar-refractivity contribution in [1.29, 1.82) is 0 Å². The summed E-state index contributed by atoms with van der Waals surface area (Å²) < 4.78 is 10.9. The minimum atomic E-state index is -0.102. The van der Waals surface area contributed by atoms with Crippen LogP contribution in [0.3, 0.4) is 0 Å². The Morgan fingerprint density at radius 3 is 2.88 bits per heavy atom. The topological polar surface area (TPSA) is 71.4 Å². The van der Waals surface area contributed by atoms with Gasteiger partial charge in [0.2, 0.25) is 0 Å². The van der Waals surface area contributed by atoms with Crippen LogP contribution in [0.4, 0.5) is 0 Å². The summed E-state index contributed by atoms with van der Waals surface area (Å²) in [5.41, 5.74) is 2.94. The number of hydrogen-bond acceptors (Lipinski definition) is 4. The molecule has 1 aliphatic rings. The third-order valence-corrected chi connectivity index (χ3v) is 4.25. The fraction of sp³-hybridized carbons (Fsp3) is 0.222. The summed E-state index contributed by atoms with van der Waals surface area (Å²) in [7, 11) is 1.63. The predicted octanol–water partition coefficient (Wildman–Crippen LogP) is 2.88. The summed E-state index contributed by atoms with van der Waals surface area (Å²) in [6.07, 6.45) is 2.43. The molecule has 1 aromatic carbocycles. The van der Waals surface area contributed by atoms with Gasteiger partial charge in [0.25, 0.3) is 5.91 Å². The fourth-order valence-corrected chi connectivity index (χ4v) is 2.90. The highest BCUT2D eigenvalue weighted by atomic mass is 16.5. The van der Waals surface area contributed by atoms with Crippen molar-refractivity contribution in [3.63, 3.8) is 0 Å². The second-order valence-electron chi connectivity index (χ2n) is 5.70. The van der Waals surface area contributed by atoms with Crippen molar-refractivity contribution in [2.45, 2.75) is 13.0 Å². The zero-order valence-corrected chi connectivity index (χ0v) is 13.3. The maximum absolute atomic E-state index is 12.7. The number of H-pyrrole nitrogens is 1. The summed E-state index contributed by atoms with van der Waals surface area (Å²) in [5.74, 6) is 1.70. The average molecular weight is 323 g/mol. The molecule has 0 bridgehead atoms. The van der Waals surface area contributed by atoms with Crippen molar-refractivity contribution in [3.8, 4) is 17.1 Å². The van der Waals surface area contributed by atoms with Crippen LogP contribution in [0.1, 0.15) is 21.9 Å². The number of nitrogens with zero attached hydrogens (tertiary/aromatic N) is 2. The monoisotopic (exact) mass is 323 g/mol. The number of nitrogens with one attached hydrogen (secondary N) is 1. The van der Waals surface area contributed by atoms with Crippen LogP contribution >= 0.6 is 0 Å². The molecule has 0 unspecified atom stereocenters. The van der Waals surface area contributed by atoms with Gasteiger partial charge in [-0.3, -0.25) is 4.79 Å². The van der Waals surface area contributed by atoms with Crippen molar-refractivity contribution in [1.82, 2.24) is 14.9 Å². The van der Waals surface area contributed by atoms with Gasteiger partial charge in [-0.1, -0.05) is 0 Å². The lowest BCUT2D eigenvalue weighted by atomic mass is 10.1. The lowest BCUT2D eigenvalue weighted by Crippen LogP contribution is -2.35. The van der Waals surface area contributed by atoms with Crippen LogP contribution in [0, 0.1) is 0 Å². The van der Waals surface area contributed by atoms with Crippen molar-refractivity contribution < 1.29 is 13.9 Å². The van der Waals surface area contributed by atoms with Gasteiger partial charge in [0.15, 0.2) is 5.76 Å². The van der Waals surface area contributed by atoms with E-state index in [1.54, 1.807) is 24.4 Å². The van der Waals surface area contributed by atoms with E-state index in [0.29, 0.717) is 24.6 Å². The number of aromatic nitrogens is 2. The van der Waals surface area contributed by atoms with Crippen LogP contribution in [-0.2, 0) is 13.0 Å². The highest BCUT2D eigenvalue weighted by Gasteiger charge is 2.25. The Morgan fingerprint density at radius 2 is 2.08 bits per heavy atom. The number of carbonyl (C=O) groups excluding carboxylic acids is 1. The van der Waals surface area contributed by atoms with E-state index in [-0.39, 0.29) is 5.91 Å². The third kappa shape index (κ3) is 2.56. The molecular formula is C18H17N3O3. The zero-order valence-electron chi connectivity index (χ0n) is 13.3. The molecule has 6 nitrogen and oxygen atoms in total. The number of rotatable bonds is 3. The van der Waals surface area contributed by atoms with Crippen LogP contribution < -0.4 is 4.74 Å². The molecule has 122 valence electrons. The quantitative estimate of drug-likeness (QED) is 0.804. The lowest BCUT2D eigenvalue weighted by molar-refractivity contribution is 0.0700. The number of amides is 1. The zero-order chi connectivity index (χ0) is 16.5. The van der Waals surface area contributed by atoms with E-state index in [4.69, 9.17) is 9.15 Å². The fourth-order valence-electron chi connectivity index (χ4n) is 2.90. The molecule has 1 amide bonds. The Hall–Kier alpha value is -3.02. The van der Waals surface area contributed by atoms with Gasteiger partial charge in [-0.2, -0.15) is 0 Å². The summed E-state index contributed by atoms with van der Waals surface area (Å²) in [6.45, 7) is 1.18. The van der Waals surface area contributed by atoms with Crippen molar-refractivity contribution in [2.24, 2.45) is 0 Å². The average Bonchev–Trinajstić information content (AvgIpc) is 3.30. The molecule has 0 radical (unpaired) electrons. The van der Waals surface area contributed by atoms with Gasteiger partial charge < -0.3 is 19.0 Å². The molecular weight excluding hydrogens is 306 g/mol. The molecule has 6 heteroatoms. The van der Waals surface area contributed by atoms with E-state index in [0.717, 1.165) is 29.1 Å². The normalized spacial score (nSPS) is 13.6. The van der Waals surface area contributed by atoms with E-state index in [1.165, 1.54) is 0 Å². The molecule has 3 aromatic rings. The molecule has 2 aromatic heterocycles. The molecule has 24 heavy (non-hydrogen) atoms. The Morgan fingerprint density at radius 1 is 1.25 bits per heavy atom. The minimum Gasteiger partial charge on any atom is -0.497 e. The maximum Gasteiger partial charge on any atom is 0.289 e. The van der Waals surface area contributed by atoms with Crippen LogP contribution in [0.5, 0.6) is 5.75 Å². The summed E-state index contributed by atoms with van der Waals surface area (Å²) in [5, 5.41) is 0. The largest absolute Gasteiger partial charge is 0.497 e. The van der Waals surface area contributed by atoms with Crippen molar-refractivity contribution in [2.75, 3.05) is 13.7 Å². The van der Waals surface area contributed by atoms with Crippen LogP contribution in [-0.4, -0.2) is 34.4 Å². The Labute approximate surface area is 139 Å². The van der Waals surface area contributed by atoms with Gasteiger partial charge in [-0.15, -0.1) is 0 Å². The first kappa shape index (κ1) is 14.6. The molecule has 1 aliphatic heterocycles. The number of imidazole rings is 1. The number of methoxy groups -OCH3 is 1. The Bertz CT molecular complexity index is 864. The standard InChI is InChI=1S/C18H17N3O3/c1-23-13-4-2-12(3-5-13)16-6-7-17(24-16)18(22)21-9-8-14-15(10-21)20-11-19-14/h2-7,11H,8-10H2,1H3,(H,19,20). The van der Waals surface area contributed by atoms with E-state index >= 15 is 0 Å². The lowest BCUT2D eigenvalue weighted by Gasteiger charge is -2.25. The number of fused-ring (bicyclic) bond motifs is 1. The molecule has 3 heterocycles. The van der Waals surface area contributed by atoms with E-state index < -0.39 is 0 Å². The minimum absolute atomic E-state index is 0.102. The summed E-state index contributed by atoms with van der Waals surface area (Å²) in [6, 6.07) is 11.1. The van der Waals surface area contributed by atoms with Crippen LogP contribution in [0.15, 0.2) is 47.1 Å². The van der Waals surface area contributed by atoms with Gasteiger partial charge in [0.1, 0.15) is 11.5 Å². The Balaban J connectivity index is 1.53. The van der Waals surface area contributed by atoms with Crippen molar-refractivity contribution in [3.05, 3.63) is 59.9 Å². The number of benzene rings is 1. The molecule has 0 atom stereocenters. The molecule has 0 fully saturated rings. The highest BCUT2D eigenvalue weighted by molar-refractivity contribution is 5.92. The second-order valence-corrected chi connectivity index (χ2v) is 5.70. The number of hydrogen-bond donors (Lipinski definition) is 1. The van der Waals surface area contributed by atoms with Crippen LogP contribution in [0.25, 0.3) is 11.3 Å². The van der Waals surface area contributed by atoms with Gasteiger partial charge in [-0.05, 0) is 36.4 Å². The molecule has 1 N–H and O–H groups in total. The predicted molar refractivity (Wildman–Crippen MR) is 87.7 cm³/mol. The van der Waals surface area contributed by atoms with Crippen LogP contribution in [0.2, 0.25) is 0 Å². The molecule has 0 spiro atoms. The highest BCUT2D eigenvalue weighted by Crippen LogP contribution is 2.26. The van der Waals surface area contributed by atoms with Crippen molar-refractivity contribution >= 4 is 5.91 Å². The first-order valence-electron chi connectivity index (χ1n) is 7.79. The second kappa shape index (κ2) is 5.88. The molecule has 0 saturated carbocycles. The first-order valence-corrected chi connectivity index (χ1v) is 7.79. The SMILES string of the molecule is COc1ccc(-c2ccc(C(=O)N3CCc4nc[nH]c4C3)o2)cc1. The maximum atomic E-state index is 12.7. The van der Waals surface area contributed by atoms with E-state index in [2.05, 4.69) is 9.97 Å². The van der Waals surface area contributed by atoms with Gasteiger partial charge in [0, 0.05) is 18.5 Å². The summed E-state index contributed by atoms with van der Waals surface area (Å²) in [4.78, 5) is 21.8. The molecule has 0 aliphatic carbocycles. The third-order valence-electron chi connectivity index (χ3n) is 4.25. The number of aromatic amines is 1. The number of carbonyl (C=O) groups is 1. The van der Waals surface area contributed by atoms with Gasteiger partial charge in [0.05, 0.1) is 31.4 Å². The van der Waals surface area contributed by atoms with Gasteiger partial charge >= 0.3 is 0 Å². The van der Waals surface area contributed by atoms with E-state index in [1.807, 2.05) is 30.3 Å². The molecule has 0 saturated heterocycles. The first-order chi connectivity index (χ1) is 11.7.